The van der Waals surface area contributed by atoms with Gasteiger partial charge in [-0.15, -0.1) is 0 Å². The van der Waals surface area contributed by atoms with Crippen molar-refractivity contribution in [3.05, 3.63) is 29.8 Å². The molecule has 1 atom stereocenters. The Bertz CT molecular complexity index is 450. The predicted molar refractivity (Wildman–Crippen MR) is 81.3 cm³/mol. The molecule has 1 unspecified atom stereocenters. The Labute approximate surface area is 121 Å². The fourth-order valence-electron chi connectivity index (χ4n) is 3.49. The minimum Gasteiger partial charge on any atom is -0.490 e. The predicted octanol–water partition coefficient (Wildman–Crippen LogP) is 3.70. The summed E-state index contributed by atoms with van der Waals surface area (Å²) in [4.78, 5) is 0. The Balaban J connectivity index is 1.80. The van der Waals surface area contributed by atoms with Gasteiger partial charge in [-0.25, -0.2) is 0 Å². The summed E-state index contributed by atoms with van der Waals surface area (Å²) in [6, 6.07) is 8.69. The molecule has 0 amide bonds. The van der Waals surface area contributed by atoms with E-state index in [4.69, 9.17) is 10.6 Å². The number of nitrogens with one attached hydrogen (secondary N) is 1. The van der Waals surface area contributed by atoms with Crippen LogP contribution in [0.2, 0.25) is 0 Å². The van der Waals surface area contributed by atoms with E-state index in [1.807, 2.05) is 0 Å². The molecule has 0 spiro atoms. The summed E-state index contributed by atoms with van der Waals surface area (Å²) in [7, 11) is 0. The van der Waals surface area contributed by atoms with E-state index in [1.54, 1.807) is 0 Å². The summed E-state index contributed by atoms with van der Waals surface area (Å²) >= 11 is 0. The largest absolute Gasteiger partial charge is 0.490 e. The van der Waals surface area contributed by atoms with Gasteiger partial charge in [0.25, 0.3) is 0 Å². The van der Waals surface area contributed by atoms with Crippen molar-refractivity contribution >= 4 is 0 Å². The van der Waals surface area contributed by atoms with E-state index >= 15 is 0 Å². The van der Waals surface area contributed by atoms with Gasteiger partial charge in [-0.3, -0.25) is 11.3 Å². The highest BCUT2D eigenvalue weighted by Gasteiger charge is 2.36. The molecule has 2 aliphatic rings. The van der Waals surface area contributed by atoms with Crippen LogP contribution < -0.4 is 16.0 Å². The highest BCUT2D eigenvalue weighted by molar-refractivity contribution is 5.32. The summed E-state index contributed by atoms with van der Waals surface area (Å²) in [6.07, 6.45) is 9.31. The third-order valence-electron chi connectivity index (χ3n) is 4.88. The van der Waals surface area contributed by atoms with E-state index in [0.29, 0.717) is 6.10 Å². The van der Waals surface area contributed by atoms with Gasteiger partial charge in [0, 0.05) is 0 Å². The molecule has 3 N–H and O–H groups in total. The van der Waals surface area contributed by atoms with Crippen molar-refractivity contribution in [3.8, 4) is 5.75 Å². The summed E-state index contributed by atoms with van der Waals surface area (Å²) in [5.74, 6) is 6.88. The Morgan fingerprint density at radius 2 is 2.00 bits per heavy atom. The molecule has 110 valence electrons. The van der Waals surface area contributed by atoms with E-state index in [-0.39, 0.29) is 11.5 Å². The highest BCUT2D eigenvalue weighted by Crippen LogP contribution is 2.45. The number of ether oxygens (including phenoxy) is 1. The van der Waals surface area contributed by atoms with Crippen LogP contribution in [0.4, 0.5) is 0 Å². The number of rotatable bonds is 5. The minimum absolute atomic E-state index is 0.213. The number of hydrogen-bond acceptors (Lipinski definition) is 3. The molecule has 0 saturated heterocycles. The lowest BCUT2D eigenvalue weighted by atomic mass is 9.69. The van der Waals surface area contributed by atoms with Crippen molar-refractivity contribution in [2.24, 2.45) is 11.3 Å². The monoisotopic (exact) mass is 274 g/mol. The summed E-state index contributed by atoms with van der Waals surface area (Å²) < 4.78 is 5.91. The summed E-state index contributed by atoms with van der Waals surface area (Å²) in [6.45, 7) is 2.37. The van der Waals surface area contributed by atoms with E-state index in [0.717, 1.165) is 5.75 Å². The van der Waals surface area contributed by atoms with Gasteiger partial charge in [0.2, 0.25) is 0 Å². The fourth-order valence-corrected chi connectivity index (χ4v) is 3.49. The first-order valence-corrected chi connectivity index (χ1v) is 7.94. The smallest absolute Gasteiger partial charge is 0.120 e. The van der Waals surface area contributed by atoms with E-state index in [1.165, 1.54) is 50.5 Å². The molecule has 0 heterocycles. The highest BCUT2D eigenvalue weighted by atomic mass is 16.5. The van der Waals surface area contributed by atoms with Gasteiger partial charge in [0.1, 0.15) is 5.75 Å². The Morgan fingerprint density at radius 3 is 2.65 bits per heavy atom. The van der Waals surface area contributed by atoms with Crippen molar-refractivity contribution in [2.45, 2.75) is 64.0 Å². The van der Waals surface area contributed by atoms with Gasteiger partial charge in [-0.1, -0.05) is 38.3 Å². The van der Waals surface area contributed by atoms with Crippen LogP contribution in [0.3, 0.4) is 0 Å². The van der Waals surface area contributed by atoms with Gasteiger partial charge in [-0.2, -0.15) is 0 Å². The lowest BCUT2D eigenvalue weighted by Gasteiger charge is -2.40. The third-order valence-corrected chi connectivity index (χ3v) is 4.88. The zero-order chi connectivity index (χ0) is 14.0. The quantitative estimate of drug-likeness (QED) is 0.635. The first kappa shape index (κ1) is 13.9. The van der Waals surface area contributed by atoms with Crippen LogP contribution in [0, 0.1) is 5.41 Å². The maximum absolute atomic E-state index is 5.91. The SMILES string of the molecule is CC1(C(NN)c2cccc(OC3CC3)c2)CCCCC1. The molecule has 1 aromatic carbocycles. The zero-order valence-electron chi connectivity index (χ0n) is 12.4. The molecule has 3 nitrogen and oxygen atoms in total. The van der Waals surface area contributed by atoms with Crippen LogP contribution in [-0.2, 0) is 0 Å². The lowest BCUT2D eigenvalue weighted by molar-refractivity contribution is 0.145. The Morgan fingerprint density at radius 1 is 1.25 bits per heavy atom. The van der Waals surface area contributed by atoms with Gasteiger partial charge >= 0.3 is 0 Å². The molecule has 0 bridgehead atoms. The average Bonchev–Trinajstić information content (AvgIpc) is 3.24. The number of hydrazine groups is 1. The molecule has 3 heteroatoms. The standard InChI is InChI=1S/C17H26N2O/c1-17(10-3-2-4-11-17)16(19-18)13-6-5-7-15(12-13)20-14-8-9-14/h5-7,12,14,16,19H,2-4,8-11,18H2,1H3. The average molecular weight is 274 g/mol. The number of nitrogens with two attached hydrogens (primary N) is 1. The van der Waals surface area contributed by atoms with Gasteiger partial charge < -0.3 is 4.74 Å². The van der Waals surface area contributed by atoms with Crippen LogP contribution >= 0.6 is 0 Å². The minimum atomic E-state index is 0.213. The Kier molecular flexibility index (Phi) is 3.99. The third kappa shape index (κ3) is 2.99. The van der Waals surface area contributed by atoms with Crippen molar-refractivity contribution in [1.29, 1.82) is 0 Å². The van der Waals surface area contributed by atoms with Gasteiger partial charge in [0.15, 0.2) is 0 Å². The topological polar surface area (TPSA) is 47.3 Å². The summed E-state index contributed by atoms with van der Waals surface area (Å²) in [5, 5.41) is 0. The lowest BCUT2D eigenvalue weighted by Crippen LogP contribution is -2.41. The van der Waals surface area contributed by atoms with Gasteiger partial charge in [0.05, 0.1) is 12.1 Å². The molecular formula is C17H26N2O. The first-order valence-electron chi connectivity index (χ1n) is 7.94. The maximum atomic E-state index is 5.91. The van der Waals surface area contributed by atoms with E-state index in [2.05, 4.69) is 36.6 Å². The molecule has 2 fully saturated rings. The molecule has 0 aromatic heterocycles. The van der Waals surface area contributed by atoms with Crippen molar-refractivity contribution in [2.75, 3.05) is 0 Å². The van der Waals surface area contributed by atoms with E-state index in [9.17, 15) is 0 Å². The molecule has 3 rings (SSSR count). The fraction of sp³-hybridized carbons (Fsp3) is 0.647. The van der Waals surface area contributed by atoms with Crippen LogP contribution in [0.15, 0.2) is 24.3 Å². The molecule has 0 aliphatic heterocycles. The molecular weight excluding hydrogens is 248 g/mol. The molecule has 2 saturated carbocycles. The number of hydrogen-bond donors (Lipinski definition) is 2. The molecule has 2 aliphatic carbocycles. The van der Waals surface area contributed by atoms with Crippen molar-refractivity contribution < 1.29 is 4.74 Å². The van der Waals surface area contributed by atoms with Crippen LogP contribution in [0.5, 0.6) is 5.75 Å². The number of benzene rings is 1. The first-order chi connectivity index (χ1) is 9.71. The van der Waals surface area contributed by atoms with Crippen LogP contribution in [-0.4, -0.2) is 6.10 Å². The zero-order valence-corrected chi connectivity index (χ0v) is 12.4. The maximum Gasteiger partial charge on any atom is 0.120 e. The second kappa shape index (κ2) is 5.74. The van der Waals surface area contributed by atoms with Crippen molar-refractivity contribution in [3.63, 3.8) is 0 Å². The molecule has 0 radical (unpaired) electrons. The van der Waals surface area contributed by atoms with Gasteiger partial charge in [-0.05, 0) is 48.8 Å². The van der Waals surface area contributed by atoms with E-state index < -0.39 is 0 Å². The molecule has 20 heavy (non-hydrogen) atoms. The Hall–Kier alpha value is -1.06. The second-order valence-electron chi connectivity index (χ2n) is 6.70. The van der Waals surface area contributed by atoms with Crippen LogP contribution in [0.1, 0.15) is 63.5 Å². The second-order valence-corrected chi connectivity index (χ2v) is 6.70. The molecule has 1 aromatic rings. The van der Waals surface area contributed by atoms with Crippen molar-refractivity contribution in [1.82, 2.24) is 5.43 Å². The van der Waals surface area contributed by atoms with Crippen LogP contribution in [0.25, 0.3) is 0 Å². The summed E-state index contributed by atoms with van der Waals surface area (Å²) in [5.41, 5.74) is 4.58. The normalized spacial score (nSPS) is 23.3.